The molecule has 14 rings (SSSR count). The van der Waals surface area contributed by atoms with Gasteiger partial charge < -0.3 is 0 Å². The van der Waals surface area contributed by atoms with Gasteiger partial charge in [-0.25, -0.2) is 0 Å². The largest absolute Gasteiger partial charge is 0.0776 e. The highest BCUT2D eigenvalue weighted by Crippen LogP contribution is 2.35. The van der Waals surface area contributed by atoms with Gasteiger partial charge in [-0.2, -0.15) is 0 Å². The van der Waals surface area contributed by atoms with E-state index in [1.807, 2.05) is 75.3 Å². The van der Waals surface area contributed by atoms with Gasteiger partial charge in [0.2, 0.25) is 0 Å². The fourth-order valence-electron chi connectivity index (χ4n) is 13.3. The van der Waals surface area contributed by atoms with Crippen LogP contribution in [0.25, 0.3) is 43.8 Å². The monoisotopic (exact) mass is 1840 g/mol. The third-order valence-electron chi connectivity index (χ3n) is 20.9. The molecule has 0 unspecified atom stereocenters. The van der Waals surface area contributed by atoms with Crippen molar-refractivity contribution in [3.63, 3.8) is 0 Å². The van der Waals surface area contributed by atoms with E-state index in [9.17, 15) is 0 Å². The summed E-state index contributed by atoms with van der Waals surface area (Å²) in [5.41, 5.74) is 23.3. The Labute approximate surface area is 843 Å². The van der Waals surface area contributed by atoms with Crippen LogP contribution in [-0.2, 0) is 55.2 Å². The molecule has 0 N–H and O–H groups in total. The van der Waals surface area contributed by atoms with E-state index < -0.39 is 0 Å². The summed E-state index contributed by atoms with van der Waals surface area (Å²) in [6.45, 7) is 89.3. The molecule has 0 atom stereocenters. The zero-order chi connectivity index (χ0) is 101. The van der Waals surface area contributed by atoms with Crippen molar-refractivity contribution in [2.45, 2.75) is 369 Å². The minimum atomic E-state index is 0. The van der Waals surface area contributed by atoms with Crippen LogP contribution in [-0.4, -0.2) is 0 Å². The molecule has 0 saturated carbocycles. The van der Waals surface area contributed by atoms with E-state index in [0.717, 1.165) is 6.42 Å². The molecular weight excluding hydrogens is 1630 g/mol. The van der Waals surface area contributed by atoms with Gasteiger partial charge in [-0.05, 0) is 167 Å². The quantitative estimate of drug-likeness (QED) is 0.165. The highest BCUT2D eigenvalue weighted by molar-refractivity contribution is 5.86. The minimum Gasteiger partial charge on any atom is -0.0776 e. The number of hydrogen-bond donors (Lipinski definition) is 0. The summed E-state index contributed by atoms with van der Waals surface area (Å²) in [5, 5.41) is 5.36. The SMILES string of the molecule is C.C.C.C.CC.CC.CC.CC.CC.CC(C)(C)c1ccc(-c2ccccc2)cc1.CC(C)(C)c1ccc2ccccc2c1.CC(C)(C)c1cccc2ccccc12.CC(C)(C)c1ccccc1.CC(C)(C)c1ccccc1.CC(C)(C)c1ccccc1.CC(C)(C)c1ccccc1.CC(C)(C)c1ccccc1.CC(C)(C)c1ccccc1-c1ccccc1.Cc1ccc(CC(C)(C)C)cc1. The first kappa shape index (κ1) is 134. The van der Waals surface area contributed by atoms with Gasteiger partial charge in [0.05, 0.1) is 0 Å². The van der Waals surface area contributed by atoms with Gasteiger partial charge in [0, 0.05) is 0 Å². The number of aryl methyl sites for hydroxylation is 1. The van der Waals surface area contributed by atoms with Crippen LogP contribution in [0.4, 0.5) is 0 Å². The lowest BCUT2D eigenvalue weighted by Gasteiger charge is -2.23. The molecule has 0 heterocycles. The Bertz CT molecular complexity index is 4870. The van der Waals surface area contributed by atoms with E-state index in [1.165, 1.54) is 105 Å². The van der Waals surface area contributed by atoms with Crippen LogP contribution >= 0.6 is 0 Å². The molecule has 0 aliphatic heterocycles. The van der Waals surface area contributed by atoms with E-state index in [2.05, 4.69) is 579 Å². The van der Waals surface area contributed by atoms with Gasteiger partial charge >= 0.3 is 0 Å². The second-order valence-corrected chi connectivity index (χ2v) is 42.7. The molecule has 0 aliphatic rings. The molecule has 0 amide bonds. The highest BCUT2D eigenvalue weighted by atomic mass is 14.3. The smallest absolute Gasteiger partial charge is 0.0126 e. The number of rotatable bonds is 3. The fourth-order valence-corrected chi connectivity index (χ4v) is 13.3. The van der Waals surface area contributed by atoms with E-state index in [1.54, 1.807) is 0 Å². The molecule has 0 nitrogen and oxygen atoms in total. The van der Waals surface area contributed by atoms with Crippen LogP contribution < -0.4 is 0 Å². The van der Waals surface area contributed by atoms with E-state index in [4.69, 9.17) is 0 Å². The Morgan fingerprint density at radius 2 is 0.404 bits per heavy atom. The summed E-state index contributed by atoms with van der Waals surface area (Å²) in [5.74, 6) is 0. The molecule has 136 heavy (non-hydrogen) atoms. The summed E-state index contributed by atoms with van der Waals surface area (Å²) < 4.78 is 0. The average molecular weight is 1840 g/mol. The number of hydrogen-bond acceptors (Lipinski definition) is 0. The average Bonchev–Trinajstić information content (AvgIpc) is 0.784. The topological polar surface area (TPSA) is 0 Å². The normalized spacial score (nSPS) is 10.6. The van der Waals surface area contributed by atoms with Crippen molar-refractivity contribution in [2.24, 2.45) is 5.41 Å². The van der Waals surface area contributed by atoms with Crippen molar-refractivity contribution in [1.29, 1.82) is 0 Å². The minimum absolute atomic E-state index is 0. The lowest BCUT2D eigenvalue weighted by Crippen LogP contribution is -2.12. The second-order valence-electron chi connectivity index (χ2n) is 42.7. The maximum Gasteiger partial charge on any atom is -0.0126 e. The second kappa shape index (κ2) is 67.0. The Morgan fingerprint density at radius 1 is 0.169 bits per heavy atom. The molecule has 0 fully saturated rings. The highest BCUT2D eigenvalue weighted by Gasteiger charge is 2.21. The summed E-state index contributed by atoms with van der Waals surface area (Å²) in [6.07, 6.45) is 1.16. The van der Waals surface area contributed by atoms with Gasteiger partial charge in [0.25, 0.3) is 0 Å². The molecule has 14 aromatic carbocycles. The predicted octanol–water partition coefficient (Wildman–Crippen LogP) is 43.8. The van der Waals surface area contributed by atoms with Crippen molar-refractivity contribution in [2.75, 3.05) is 0 Å². The zero-order valence-corrected chi connectivity index (χ0v) is 91.4. The van der Waals surface area contributed by atoms with Crippen molar-refractivity contribution in [3.8, 4) is 22.3 Å². The Balaban J connectivity index is -0.000000463. The number of fused-ring (bicyclic) bond motifs is 2. The molecular formula is C136H202. The molecule has 746 valence electrons. The maximum atomic E-state index is 2.29. The first-order valence-corrected chi connectivity index (χ1v) is 49.4. The van der Waals surface area contributed by atoms with E-state index in [0.29, 0.717) is 32.5 Å². The first-order valence-electron chi connectivity index (χ1n) is 49.4. The van der Waals surface area contributed by atoms with E-state index in [-0.39, 0.29) is 51.4 Å². The third kappa shape index (κ3) is 54.5. The van der Waals surface area contributed by atoms with Crippen LogP contribution in [0.5, 0.6) is 0 Å². The molecule has 0 radical (unpaired) electrons. The molecule has 0 aliphatic carbocycles. The van der Waals surface area contributed by atoms with Gasteiger partial charge in [0.1, 0.15) is 0 Å². The van der Waals surface area contributed by atoms with Crippen LogP contribution in [0.1, 0.15) is 368 Å². The molecule has 0 bridgehead atoms. The van der Waals surface area contributed by atoms with E-state index >= 15 is 0 Å². The predicted molar refractivity (Wildman–Crippen MR) is 630 cm³/mol. The summed E-state index contributed by atoms with van der Waals surface area (Å²) in [7, 11) is 0. The van der Waals surface area contributed by atoms with Gasteiger partial charge in [0.15, 0.2) is 0 Å². The summed E-state index contributed by atoms with van der Waals surface area (Å²) in [4.78, 5) is 0. The van der Waals surface area contributed by atoms with Crippen molar-refractivity contribution in [3.05, 3.63) is 431 Å². The van der Waals surface area contributed by atoms with Gasteiger partial charge in [-0.3, -0.25) is 0 Å². The first-order chi connectivity index (χ1) is 61.8. The third-order valence-corrected chi connectivity index (χ3v) is 20.9. The Kier molecular flexibility index (Phi) is 66.0. The molecule has 14 aromatic rings. The fraction of sp³-hybridized carbons (Fsp3) is 0.412. The summed E-state index contributed by atoms with van der Waals surface area (Å²) in [6, 6.07) is 130. The van der Waals surface area contributed by atoms with Crippen LogP contribution in [0.2, 0.25) is 0 Å². The van der Waals surface area contributed by atoms with Crippen LogP contribution in [0.3, 0.4) is 0 Å². The maximum absolute atomic E-state index is 2.29. The molecule has 0 saturated heterocycles. The standard InChI is InChI=1S/2C16H18.2C14H16.C12H18.5C10H14.5C2H6.4CH4/c1-16(2,3)15-12-8-7-11-14(15)13-9-5-4-6-10-13;1-16(2,3)15-11-9-14(10-12-15)13-7-5-4-6-8-13;1-14(2,3)13-10-6-8-11-7-4-5-9-12(11)13;1-14(2,3)13-9-8-11-6-4-5-7-12(11)10-13;1-10-5-7-11(8-6-10)9-12(2,3)4;5*1-10(2,3)9-7-5-4-6-8-9;5*1-2;;;;/h2*4-12H,1-3H3;2*4-10H,1-3H3;5-8H,9H2,1-4H3;5*4-8H,1-3H3;5*1-2H3;4*1H4. The van der Waals surface area contributed by atoms with Crippen molar-refractivity contribution >= 4 is 21.5 Å². The molecule has 0 aromatic heterocycles. The van der Waals surface area contributed by atoms with Crippen molar-refractivity contribution in [1.82, 2.24) is 0 Å². The van der Waals surface area contributed by atoms with Crippen LogP contribution in [0.15, 0.2) is 370 Å². The molecule has 0 spiro atoms. The molecule has 0 heteroatoms. The Hall–Kier alpha value is -10.4. The Morgan fingerprint density at radius 3 is 0.706 bits per heavy atom. The van der Waals surface area contributed by atoms with Gasteiger partial charge in [-0.15, -0.1) is 0 Å². The lowest BCUT2D eigenvalue weighted by molar-refractivity contribution is 0.411. The van der Waals surface area contributed by atoms with Crippen molar-refractivity contribution < 1.29 is 0 Å². The van der Waals surface area contributed by atoms with Crippen LogP contribution in [0, 0.1) is 12.3 Å². The lowest BCUT2D eigenvalue weighted by atomic mass is 9.82. The van der Waals surface area contributed by atoms with Gasteiger partial charge in [-0.1, -0.05) is 682 Å². The number of benzene rings is 14. The zero-order valence-electron chi connectivity index (χ0n) is 91.4. The summed E-state index contributed by atoms with van der Waals surface area (Å²) >= 11 is 0.